The van der Waals surface area contributed by atoms with E-state index < -0.39 is 0 Å². The van der Waals surface area contributed by atoms with Gasteiger partial charge in [0.1, 0.15) is 0 Å². The van der Waals surface area contributed by atoms with Gasteiger partial charge in [-0.1, -0.05) is 23.7 Å². The third-order valence-corrected chi connectivity index (χ3v) is 4.01. The van der Waals surface area contributed by atoms with Crippen molar-refractivity contribution in [2.75, 3.05) is 13.2 Å². The molecule has 0 unspecified atom stereocenters. The fourth-order valence-corrected chi connectivity index (χ4v) is 2.42. The van der Waals surface area contributed by atoms with Gasteiger partial charge in [0.2, 0.25) is 6.41 Å². The number of rotatable bonds is 4. The van der Waals surface area contributed by atoms with Crippen molar-refractivity contribution in [1.82, 2.24) is 5.32 Å². The summed E-state index contributed by atoms with van der Waals surface area (Å²) in [4.78, 5) is 11.0. The van der Waals surface area contributed by atoms with E-state index in [2.05, 4.69) is 17.9 Å². The molecule has 0 saturated carbocycles. The van der Waals surface area contributed by atoms with E-state index in [9.17, 15) is 4.79 Å². The lowest BCUT2D eigenvalue weighted by atomic mass is 9.93. The molecular weight excluding hydrogens is 320 g/mol. The van der Waals surface area contributed by atoms with Crippen LogP contribution >= 0.6 is 24.2 Å². The van der Waals surface area contributed by atoms with Crippen molar-refractivity contribution < 1.29 is 9.53 Å². The van der Waals surface area contributed by atoms with Gasteiger partial charge >= 0.3 is 0 Å². The van der Waals surface area contributed by atoms with E-state index in [1.807, 2.05) is 31.2 Å². The first kappa shape index (κ1) is 18.9. The predicted octanol–water partition coefficient (Wildman–Crippen LogP) is 2.91. The van der Waals surface area contributed by atoms with Gasteiger partial charge in [-0.3, -0.25) is 4.79 Å². The van der Waals surface area contributed by atoms with Crippen LogP contribution in [0.2, 0.25) is 5.02 Å². The summed E-state index contributed by atoms with van der Waals surface area (Å²) >= 11 is 9.96. The van der Waals surface area contributed by atoms with E-state index in [-0.39, 0.29) is 5.54 Å². The largest absolute Gasteiger partial charge is 0.404 e. The Labute approximate surface area is 142 Å². The van der Waals surface area contributed by atoms with Gasteiger partial charge in [-0.15, -0.1) is 12.6 Å². The van der Waals surface area contributed by atoms with Crippen LogP contribution in [0.5, 0.6) is 0 Å². The molecule has 1 heterocycles. The van der Waals surface area contributed by atoms with Crippen LogP contribution in [0.3, 0.4) is 0 Å². The average Bonchev–Trinajstić information content (AvgIpc) is 2.48. The minimum Gasteiger partial charge on any atom is -0.404 e. The Morgan fingerprint density at radius 2 is 2.18 bits per heavy atom. The van der Waals surface area contributed by atoms with Gasteiger partial charge in [-0.05, 0) is 37.5 Å². The Hall–Kier alpha value is -1.17. The first-order chi connectivity index (χ1) is 10.5. The topological polar surface area (TPSA) is 64.3 Å². The number of ether oxygens (including phenoxy) is 1. The molecule has 1 amide bonds. The highest BCUT2D eigenvalue weighted by Gasteiger charge is 2.25. The normalized spacial score (nSPS) is 17.1. The zero-order chi connectivity index (χ0) is 16.4. The molecule has 1 fully saturated rings. The first-order valence-corrected chi connectivity index (χ1v) is 7.95. The van der Waals surface area contributed by atoms with Crippen molar-refractivity contribution >= 4 is 30.6 Å². The lowest BCUT2D eigenvalue weighted by Crippen LogP contribution is -2.45. The number of halogens is 1. The van der Waals surface area contributed by atoms with E-state index in [0.717, 1.165) is 54.4 Å². The van der Waals surface area contributed by atoms with Crippen molar-refractivity contribution in [3.05, 3.63) is 46.0 Å². The number of nitrogens with two attached hydrogens (primary N) is 1. The molecule has 0 aliphatic carbocycles. The lowest BCUT2D eigenvalue weighted by molar-refractivity contribution is -0.112. The summed E-state index contributed by atoms with van der Waals surface area (Å²) in [5.74, 6) is 0. The molecule has 2 rings (SSSR count). The van der Waals surface area contributed by atoms with Crippen LogP contribution in [0.25, 0.3) is 0 Å². The molecule has 6 heteroatoms. The Morgan fingerprint density at radius 1 is 1.50 bits per heavy atom. The smallest absolute Gasteiger partial charge is 0.207 e. The predicted molar refractivity (Wildman–Crippen MR) is 94.1 cm³/mol. The average molecular weight is 343 g/mol. The number of carbonyl (C=O) groups is 1. The van der Waals surface area contributed by atoms with E-state index in [1.165, 1.54) is 6.20 Å². The fourth-order valence-electron chi connectivity index (χ4n) is 2.02. The maximum atomic E-state index is 10.1. The van der Waals surface area contributed by atoms with Gasteiger partial charge < -0.3 is 15.8 Å². The van der Waals surface area contributed by atoms with Crippen LogP contribution in [-0.4, -0.2) is 25.2 Å². The molecule has 0 radical (unpaired) electrons. The monoisotopic (exact) mass is 342 g/mol. The number of allylic oxidation sites excluding steroid dienone is 1. The highest BCUT2D eigenvalue weighted by atomic mass is 35.5. The van der Waals surface area contributed by atoms with Crippen molar-refractivity contribution in [2.24, 2.45) is 5.73 Å². The first-order valence-electron chi connectivity index (χ1n) is 7.12. The molecule has 1 aromatic carbocycles. The zero-order valence-electron chi connectivity index (χ0n) is 12.7. The third-order valence-electron chi connectivity index (χ3n) is 3.47. The summed E-state index contributed by atoms with van der Waals surface area (Å²) < 4.78 is 5.16. The van der Waals surface area contributed by atoms with Crippen LogP contribution < -0.4 is 11.1 Å². The molecule has 1 aliphatic rings. The van der Waals surface area contributed by atoms with Gasteiger partial charge in [0, 0.05) is 41.3 Å². The Morgan fingerprint density at radius 3 is 2.73 bits per heavy atom. The van der Waals surface area contributed by atoms with Crippen LogP contribution in [0.4, 0.5) is 0 Å². The second-order valence-corrected chi connectivity index (χ2v) is 6.41. The number of hydrogen-bond acceptors (Lipinski definition) is 4. The van der Waals surface area contributed by atoms with Crippen molar-refractivity contribution in [3.63, 3.8) is 0 Å². The molecule has 0 bridgehead atoms. The third kappa shape index (κ3) is 7.20. The number of thiol groups is 1. The van der Waals surface area contributed by atoms with Crippen LogP contribution in [0.15, 0.2) is 35.4 Å². The molecular formula is C16H23ClN2O2S. The lowest BCUT2D eigenvalue weighted by Gasteiger charge is -2.32. The van der Waals surface area contributed by atoms with Crippen LogP contribution in [0, 0.1) is 0 Å². The van der Waals surface area contributed by atoms with Gasteiger partial charge in [-0.2, -0.15) is 0 Å². The standard InChI is InChI=1S/C9H10ClNS.C7H13NO2/c10-8-3-1-2-7(4-8)5-9(12)6-11;1-7(8-6-9)2-4-10-5-3-7/h1-4,6,12H,5,11H2;6H,2-5H2,1H3,(H,8,9)/b9-6-;. The summed E-state index contributed by atoms with van der Waals surface area (Å²) in [5, 5.41) is 3.54. The van der Waals surface area contributed by atoms with E-state index >= 15 is 0 Å². The van der Waals surface area contributed by atoms with Gasteiger partial charge in [0.25, 0.3) is 0 Å². The Bertz CT molecular complexity index is 503. The molecule has 0 aromatic heterocycles. The highest BCUT2D eigenvalue weighted by molar-refractivity contribution is 7.84. The SMILES string of the molecule is CC1(NC=O)CCOCC1.N/C=C(\S)Cc1cccc(Cl)c1. The minimum absolute atomic E-state index is 0.0139. The molecule has 0 spiro atoms. The Balaban J connectivity index is 0.000000224. The van der Waals surface area contributed by atoms with E-state index in [0.29, 0.717) is 0 Å². The Kier molecular flexibility index (Phi) is 8.38. The van der Waals surface area contributed by atoms with Crippen molar-refractivity contribution in [2.45, 2.75) is 31.7 Å². The quantitative estimate of drug-likeness (QED) is 0.582. The van der Waals surface area contributed by atoms with Crippen molar-refractivity contribution in [3.8, 4) is 0 Å². The van der Waals surface area contributed by atoms with Crippen LogP contribution in [-0.2, 0) is 16.0 Å². The van der Waals surface area contributed by atoms with Gasteiger partial charge in [0.05, 0.1) is 0 Å². The van der Waals surface area contributed by atoms with E-state index in [4.69, 9.17) is 22.1 Å². The molecule has 1 aromatic rings. The molecule has 4 nitrogen and oxygen atoms in total. The maximum absolute atomic E-state index is 10.1. The summed E-state index contributed by atoms with van der Waals surface area (Å²) in [6, 6.07) is 7.65. The second kappa shape index (κ2) is 9.77. The number of hydrogen-bond donors (Lipinski definition) is 3. The number of amides is 1. The van der Waals surface area contributed by atoms with Gasteiger partial charge in [0.15, 0.2) is 0 Å². The second-order valence-electron chi connectivity index (χ2n) is 5.40. The molecule has 1 saturated heterocycles. The molecule has 0 atom stereocenters. The summed E-state index contributed by atoms with van der Waals surface area (Å²) in [5.41, 5.74) is 6.39. The summed E-state index contributed by atoms with van der Waals surface area (Å²) in [6.45, 7) is 3.57. The number of nitrogens with one attached hydrogen (secondary N) is 1. The number of benzene rings is 1. The maximum Gasteiger partial charge on any atom is 0.207 e. The highest BCUT2D eigenvalue weighted by Crippen LogP contribution is 2.18. The number of carbonyl (C=O) groups excluding carboxylic acids is 1. The summed E-state index contributed by atoms with van der Waals surface area (Å²) in [7, 11) is 0. The fraction of sp³-hybridized carbons (Fsp3) is 0.438. The minimum atomic E-state index is -0.0139. The van der Waals surface area contributed by atoms with E-state index in [1.54, 1.807) is 0 Å². The molecule has 22 heavy (non-hydrogen) atoms. The van der Waals surface area contributed by atoms with Gasteiger partial charge in [-0.25, -0.2) is 0 Å². The molecule has 3 N–H and O–H groups in total. The summed E-state index contributed by atoms with van der Waals surface area (Å²) in [6.07, 6.45) is 4.84. The van der Waals surface area contributed by atoms with Crippen LogP contribution in [0.1, 0.15) is 25.3 Å². The molecule has 1 aliphatic heterocycles. The van der Waals surface area contributed by atoms with Crippen molar-refractivity contribution in [1.29, 1.82) is 0 Å². The zero-order valence-corrected chi connectivity index (χ0v) is 14.4. The molecule has 122 valence electrons.